The molecule has 1 aromatic heterocycles. The van der Waals surface area contributed by atoms with E-state index in [2.05, 4.69) is 4.98 Å². The molecule has 0 saturated carbocycles. The number of rotatable bonds is 3. The number of likely N-dealkylation sites (N-methyl/N-ethyl adjacent to an activating group) is 1. The monoisotopic (exact) mass is 209 g/mol. The van der Waals surface area contributed by atoms with Crippen molar-refractivity contribution in [2.45, 2.75) is 26.3 Å². The minimum absolute atomic E-state index is 0.0541. The van der Waals surface area contributed by atoms with E-state index >= 15 is 0 Å². The lowest BCUT2D eigenvalue weighted by atomic mass is 10.0. The van der Waals surface area contributed by atoms with Crippen LogP contribution in [0.25, 0.3) is 0 Å². The summed E-state index contributed by atoms with van der Waals surface area (Å²) >= 11 is 0. The van der Waals surface area contributed by atoms with E-state index in [1.807, 2.05) is 38.8 Å². The van der Waals surface area contributed by atoms with Gasteiger partial charge in [0.1, 0.15) is 0 Å². The second-order valence-electron chi connectivity index (χ2n) is 4.39. The number of aromatic nitrogens is 1. The number of nitrogen functional groups attached to an aromatic ring is 1. The maximum atomic E-state index is 9.28. The average molecular weight is 209 g/mol. The number of hydrogen-bond donors (Lipinski definition) is 2. The highest BCUT2D eigenvalue weighted by Crippen LogP contribution is 2.27. The highest BCUT2D eigenvalue weighted by molar-refractivity contribution is 5.66. The number of pyridine rings is 1. The Labute approximate surface area is 90.7 Å². The maximum absolute atomic E-state index is 9.28. The summed E-state index contributed by atoms with van der Waals surface area (Å²) in [6.07, 6.45) is 1.73. The Balaban J connectivity index is 3.12. The summed E-state index contributed by atoms with van der Waals surface area (Å²) in [5.74, 6) is 0.717. The van der Waals surface area contributed by atoms with Crippen LogP contribution < -0.4 is 10.6 Å². The number of hydrogen-bond acceptors (Lipinski definition) is 4. The van der Waals surface area contributed by atoms with Crippen molar-refractivity contribution in [3.8, 4) is 0 Å². The van der Waals surface area contributed by atoms with E-state index in [4.69, 9.17) is 5.73 Å². The third-order valence-electron chi connectivity index (χ3n) is 2.80. The standard InChI is InChI=1S/C11H19N3O/c1-8-5-6-13-10(9(8)12)14(4)11(2,3)7-15/h5-6,15H,7,12H2,1-4H3. The Morgan fingerprint density at radius 3 is 2.67 bits per heavy atom. The zero-order chi connectivity index (χ0) is 11.6. The maximum Gasteiger partial charge on any atom is 0.152 e. The summed E-state index contributed by atoms with van der Waals surface area (Å²) in [5.41, 5.74) is 7.25. The fraction of sp³-hybridized carbons (Fsp3) is 0.545. The van der Waals surface area contributed by atoms with Crippen LogP contribution in [-0.4, -0.2) is 29.3 Å². The van der Waals surface area contributed by atoms with Gasteiger partial charge in [0.25, 0.3) is 0 Å². The Hall–Kier alpha value is -1.29. The molecule has 1 aromatic rings. The van der Waals surface area contributed by atoms with E-state index < -0.39 is 0 Å². The second-order valence-corrected chi connectivity index (χ2v) is 4.39. The number of anilines is 2. The largest absolute Gasteiger partial charge is 0.396 e. The van der Waals surface area contributed by atoms with Gasteiger partial charge in [-0.25, -0.2) is 4.98 Å². The predicted octanol–water partition coefficient (Wildman–Crippen LogP) is 1.18. The summed E-state index contributed by atoms with van der Waals surface area (Å²) in [4.78, 5) is 6.14. The molecule has 0 radical (unpaired) electrons. The van der Waals surface area contributed by atoms with Gasteiger partial charge in [0, 0.05) is 13.2 Å². The highest BCUT2D eigenvalue weighted by atomic mass is 16.3. The van der Waals surface area contributed by atoms with Crippen LogP contribution in [0.5, 0.6) is 0 Å². The van der Waals surface area contributed by atoms with Crippen molar-refractivity contribution in [3.63, 3.8) is 0 Å². The van der Waals surface area contributed by atoms with E-state index in [9.17, 15) is 5.11 Å². The lowest BCUT2D eigenvalue weighted by Gasteiger charge is -2.35. The number of nitrogens with zero attached hydrogens (tertiary/aromatic N) is 2. The molecule has 0 fully saturated rings. The fourth-order valence-corrected chi connectivity index (χ4v) is 1.22. The van der Waals surface area contributed by atoms with Crippen LogP contribution in [0.15, 0.2) is 12.3 Å². The van der Waals surface area contributed by atoms with Gasteiger partial charge in [0.05, 0.1) is 17.8 Å². The van der Waals surface area contributed by atoms with E-state index in [0.29, 0.717) is 11.5 Å². The molecular formula is C11H19N3O. The summed E-state index contributed by atoms with van der Waals surface area (Å²) in [6, 6.07) is 1.87. The normalized spacial score (nSPS) is 11.5. The van der Waals surface area contributed by atoms with E-state index in [1.165, 1.54) is 0 Å². The summed E-state index contributed by atoms with van der Waals surface area (Å²) in [5, 5.41) is 9.28. The molecular weight excluding hydrogens is 190 g/mol. The van der Waals surface area contributed by atoms with E-state index in [0.717, 1.165) is 5.56 Å². The van der Waals surface area contributed by atoms with Gasteiger partial charge >= 0.3 is 0 Å². The van der Waals surface area contributed by atoms with Gasteiger partial charge < -0.3 is 15.7 Å². The average Bonchev–Trinajstić information content (AvgIpc) is 2.21. The summed E-state index contributed by atoms with van der Waals surface area (Å²) < 4.78 is 0. The SMILES string of the molecule is Cc1ccnc(N(C)C(C)(C)CO)c1N. The van der Waals surface area contributed by atoms with Gasteiger partial charge in [0.2, 0.25) is 0 Å². The smallest absolute Gasteiger partial charge is 0.152 e. The van der Waals surface area contributed by atoms with Crippen molar-refractivity contribution in [1.82, 2.24) is 4.98 Å². The van der Waals surface area contributed by atoms with Gasteiger partial charge in [-0.05, 0) is 32.4 Å². The molecule has 3 N–H and O–H groups in total. The number of nitrogens with two attached hydrogens (primary N) is 1. The number of aryl methyl sites for hydroxylation is 1. The lowest BCUT2D eigenvalue weighted by Crippen LogP contribution is -2.45. The van der Waals surface area contributed by atoms with Crippen LogP contribution in [0, 0.1) is 6.92 Å². The molecule has 0 aliphatic rings. The zero-order valence-electron chi connectivity index (χ0n) is 9.78. The topological polar surface area (TPSA) is 62.4 Å². The van der Waals surface area contributed by atoms with Crippen LogP contribution in [0.4, 0.5) is 11.5 Å². The minimum Gasteiger partial charge on any atom is -0.396 e. The first-order valence-electron chi connectivity index (χ1n) is 4.96. The second kappa shape index (κ2) is 4.06. The Bertz CT molecular complexity index is 350. The van der Waals surface area contributed by atoms with Gasteiger partial charge in [-0.1, -0.05) is 0 Å². The van der Waals surface area contributed by atoms with Gasteiger partial charge in [-0.3, -0.25) is 0 Å². The fourth-order valence-electron chi connectivity index (χ4n) is 1.22. The quantitative estimate of drug-likeness (QED) is 0.784. The van der Waals surface area contributed by atoms with Gasteiger partial charge in [0.15, 0.2) is 5.82 Å². The van der Waals surface area contributed by atoms with Gasteiger partial charge in [-0.15, -0.1) is 0 Å². The number of aliphatic hydroxyl groups is 1. The first-order valence-corrected chi connectivity index (χ1v) is 4.96. The van der Waals surface area contributed by atoms with Crippen molar-refractivity contribution < 1.29 is 5.11 Å². The molecule has 15 heavy (non-hydrogen) atoms. The van der Waals surface area contributed by atoms with Crippen LogP contribution >= 0.6 is 0 Å². The first kappa shape index (κ1) is 11.8. The van der Waals surface area contributed by atoms with Crippen LogP contribution in [0.1, 0.15) is 19.4 Å². The van der Waals surface area contributed by atoms with E-state index in [1.54, 1.807) is 6.20 Å². The van der Waals surface area contributed by atoms with Crippen LogP contribution in [-0.2, 0) is 0 Å². The Morgan fingerprint density at radius 2 is 2.13 bits per heavy atom. The van der Waals surface area contributed by atoms with Crippen molar-refractivity contribution in [2.24, 2.45) is 0 Å². The molecule has 0 amide bonds. The zero-order valence-corrected chi connectivity index (χ0v) is 9.78. The van der Waals surface area contributed by atoms with Crippen molar-refractivity contribution in [1.29, 1.82) is 0 Å². The molecule has 0 unspecified atom stereocenters. The van der Waals surface area contributed by atoms with Crippen molar-refractivity contribution >= 4 is 11.5 Å². The van der Waals surface area contributed by atoms with Crippen molar-refractivity contribution in [2.75, 3.05) is 24.3 Å². The highest BCUT2D eigenvalue weighted by Gasteiger charge is 2.25. The van der Waals surface area contributed by atoms with Crippen LogP contribution in [0.2, 0.25) is 0 Å². The van der Waals surface area contributed by atoms with E-state index in [-0.39, 0.29) is 12.1 Å². The molecule has 0 aliphatic heterocycles. The van der Waals surface area contributed by atoms with Gasteiger partial charge in [-0.2, -0.15) is 0 Å². The molecule has 0 aliphatic carbocycles. The molecule has 4 heteroatoms. The molecule has 1 rings (SSSR count). The first-order chi connectivity index (χ1) is 6.90. The molecule has 4 nitrogen and oxygen atoms in total. The number of aliphatic hydroxyl groups excluding tert-OH is 1. The molecule has 84 valence electrons. The van der Waals surface area contributed by atoms with Crippen molar-refractivity contribution in [3.05, 3.63) is 17.8 Å². The molecule has 0 bridgehead atoms. The minimum atomic E-state index is -0.366. The third kappa shape index (κ3) is 2.21. The lowest BCUT2D eigenvalue weighted by molar-refractivity contribution is 0.216. The predicted molar refractivity (Wildman–Crippen MR) is 63.0 cm³/mol. The summed E-state index contributed by atoms with van der Waals surface area (Å²) in [7, 11) is 1.88. The Kier molecular flexibility index (Phi) is 3.19. The molecule has 0 atom stereocenters. The Morgan fingerprint density at radius 1 is 1.53 bits per heavy atom. The molecule has 0 saturated heterocycles. The third-order valence-corrected chi connectivity index (χ3v) is 2.80. The molecule has 0 aromatic carbocycles. The summed E-state index contributed by atoms with van der Waals surface area (Å²) in [6.45, 7) is 5.88. The van der Waals surface area contributed by atoms with Crippen LogP contribution in [0.3, 0.4) is 0 Å². The molecule has 1 heterocycles. The molecule has 0 spiro atoms.